The minimum Gasteiger partial charge on any atom is -0.348 e. The van der Waals surface area contributed by atoms with Crippen molar-refractivity contribution >= 4 is 27.3 Å². The largest absolute Gasteiger partial charge is 0.348 e. The monoisotopic (exact) mass is 378 g/mol. The molecular formula is C18H22N2O3S2. The molecule has 0 unspecified atom stereocenters. The fourth-order valence-corrected chi connectivity index (χ4v) is 4.72. The minimum atomic E-state index is -3.14. The van der Waals surface area contributed by atoms with Crippen LogP contribution < -0.4 is 5.32 Å². The summed E-state index contributed by atoms with van der Waals surface area (Å²) in [6, 6.07) is 10.1. The van der Waals surface area contributed by atoms with Crippen molar-refractivity contribution in [2.45, 2.75) is 25.8 Å². The third kappa shape index (κ3) is 4.29. The summed E-state index contributed by atoms with van der Waals surface area (Å²) in [5.41, 5.74) is 3.16. The highest BCUT2D eigenvalue weighted by atomic mass is 32.2. The number of sulfonamides is 1. The van der Waals surface area contributed by atoms with Crippen LogP contribution in [0, 0.1) is 6.92 Å². The Labute approximate surface area is 152 Å². The lowest BCUT2D eigenvalue weighted by molar-refractivity contribution is 0.0928. The second-order valence-corrected chi connectivity index (χ2v) is 9.34. The van der Waals surface area contributed by atoms with Crippen molar-refractivity contribution < 1.29 is 13.2 Å². The number of hydrogen-bond donors (Lipinski definition) is 1. The third-order valence-electron chi connectivity index (χ3n) is 4.49. The standard InChI is InChI=1S/C18H22N2O3S2/c1-13-3-5-14(6-4-13)16-9-12-24-17(16)18(21)19-15-7-10-20(11-8-15)25(2,22)23/h3-6,9,12,15H,7-8,10-11H2,1-2H3,(H,19,21). The van der Waals surface area contributed by atoms with Crippen LogP contribution in [-0.2, 0) is 10.0 Å². The van der Waals surface area contributed by atoms with Crippen molar-refractivity contribution in [2.75, 3.05) is 19.3 Å². The van der Waals surface area contributed by atoms with E-state index < -0.39 is 10.0 Å². The van der Waals surface area contributed by atoms with Crippen LogP contribution in [0.1, 0.15) is 28.1 Å². The lowest BCUT2D eigenvalue weighted by Crippen LogP contribution is -2.46. The zero-order chi connectivity index (χ0) is 18.0. The maximum atomic E-state index is 12.7. The van der Waals surface area contributed by atoms with Crippen molar-refractivity contribution in [3.05, 3.63) is 46.2 Å². The van der Waals surface area contributed by atoms with Gasteiger partial charge >= 0.3 is 0 Å². The van der Waals surface area contributed by atoms with Gasteiger partial charge in [0.2, 0.25) is 10.0 Å². The predicted molar refractivity (Wildman–Crippen MR) is 101 cm³/mol. The zero-order valence-electron chi connectivity index (χ0n) is 14.4. The van der Waals surface area contributed by atoms with E-state index >= 15 is 0 Å². The van der Waals surface area contributed by atoms with E-state index in [9.17, 15) is 13.2 Å². The third-order valence-corrected chi connectivity index (χ3v) is 6.71. The molecule has 0 radical (unpaired) electrons. The van der Waals surface area contributed by atoms with Crippen LogP contribution in [0.3, 0.4) is 0 Å². The normalized spacial score (nSPS) is 16.7. The first kappa shape index (κ1) is 18.1. The number of rotatable bonds is 4. The van der Waals surface area contributed by atoms with Crippen molar-refractivity contribution in [3.63, 3.8) is 0 Å². The smallest absolute Gasteiger partial charge is 0.262 e. The Bertz CT molecular complexity index is 849. The maximum absolute atomic E-state index is 12.7. The highest BCUT2D eigenvalue weighted by molar-refractivity contribution is 7.88. The second kappa shape index (κ2) is 7.27. The highest BCUT2D eigenvalue weighted by Gasteiger charge is 2.26. The number of aryl methyl sites for hydroxylation is 1. The molecule has 0 aliphatic carbocycles. The van der Waals surface area contributed by atoms with Crippen LogP contribution in [0.5, 0.6) is 0 Å². The Kier molecular flexibility index (Phi) is 5.27. The van der Waals surface area contributed by atoms with Gasteiger partial charge in [0.25, 0.3) is 5.91 Å². The van der Waals surface area contributed by atoms with E-state index in [1.807, 2.05) is 42.6 Å². The van der Waals surface area contributed by atoms with Gasteiger partial charge in [-0.3, -0.25) is 4.79 Å². The van der Waals surface area contributed by atoms with E-state index in [1.54, 1.807) is 0 Å². The Hall–Kier alpha value is -1.70. The number of hydrogen-bond acceptors (Lipinski definition) is 4. The van der Waals surface area contributed by atoms with Crippen LogP contribution >= 0.6 is 11.3 Å². The highest BCUT2D eigenvalue weighted by Crippen LogP contribution is 2.29. The fraction of sp³-hybridized carbons (Fsp3) is 0.389. The molecule has 0 bridgehead atoms. The van der Waals surface area contributed by atoms with Crippen LogP contribution in [0.2, 0.25) is 0 Å². The summed E-state index contributed by atoms with van der Waals surface area (Å²) in [5, 5.41) is 4.99. The number of nitrogens with zero attached hydrogens (tertiary/aromatic N) is 1. The van der Waals surface area contributed by atoms with Crippen LogP contribution in [0.4, 0.5) is 0 Å². The van der Waals surface area contributed by atoms with Crippen LogP contribution in [0.15, 0.2) is 35.7 Å². The summed E-state index contributed by atoms with van der Waals surface area (Å²) < 4.78 is 24.6. The predicted octanol–water partition coefficient (Wildman–Crippen LogP) is 2.88. The number of carbonyl (C=O) groups excluding carboxylic acids is 1. The Morgan fingerprint density at radius 1 is 1.16 bits per heavy atom. The minimum absolute atomic E-state index is 0.0125. The van der Waals surface area contributed by atoms with Gasteiger partial charge in [-0.05, 0) is 36.8 Å². The van der Waals surface area contributed by atoms with Crippen LogP contribution in [-0.4, -0.2) is 44.0 Å². The summed E-state index contributed by atoms with van der Waals surface area (Å²) >= 11 is 1.43. The number of nitrogens with one attached hydrogen (secondary N) is 1. The molecule has 0 atom stereocenters. The molecule has 1 N–H and O–H groups in total. The van der Waals surface area contributed by atoms with Crippen molar-refractivity contribution in [2.24, 2.45) is 0 Å². The zero-order valence-corrected chi connectivity index (χ0v) is 16.0. The molecule has 1 aliphatic rings. The number of piperidine rings is 1. The molecule has 0 saturated carbocycles. The molecule has 0 spiro atoms. The molecular weight excluding hydrogens is 356 g/mol. The molecule has 1 aromatic heterocycles. The first-order chi connectivity index (χ1) is 11.8. The molecule has 134 valence electrons. The molecule has 25 heavy (non-hydrogen) atoms. The van der Waals surface area contributed by atoms with E-state index in [1.165, 1.54) is 27.5 Å². The van der Waals surface area contributed by atoms with E-state index in [4.69, 9.17) is 0 Å². The number of benzene rings is 1. The van der Waals surface area contributed by atoms with E-state index in [0.29, 0.717) is 30.8 Å². The van der Waals surface area contributed by atoms with Crippen LogP contribution in [0.25, 0.3) is 11.1 Å². The lowest BCUT2D eigenvalue weighted by atomic mass is 10.0. The Morgan fingerprint density at radius 3 is 2.40 bits per heavy atom. The SMILES string of the molecule is Cc1ccc(-c2ccsc2C(=O)NC2CCN(S(C)(=O)=O)CC2)cc1. The van der Waals surface area contributed by atoms with Gasteiger partial charge in [0.1, 0.15) is 0 Å². The van der Waals surface area contributed by atoms with Crippen molar-refractivity contribution in [1.29, 1.82) is 0 Å². The van der Waals surface area contributed by atoms with Gasteiger partial charge in [0.05, 0.1) is 11.1 Å². The number of thiophene rings is 1. The van der Waals surface area contributed by atoms with Gasteiger partial charge in [-0.2, -0.15) is 0 Å². The molecule has 1 amide bonds. The first-order valence-electron chi connectivity index (χ1n) is 8.25. The van der Waals surface area contributed by atoms with Gasteiger partial charge in [0, 0.05) is 24.7 Å². The van der Waals surface area contributed by atoms with E-state index in [0.717, 1.165) is 11.1 Å². The molecule has 2 aromatic rings. The molecule has 7 heteroatoms. The molecule has 1 aromatic carbocycles. The van der Waals surface area contributed by atoms with Crippen molar-refractivity contribution in [1.82, 2.24) is 9.62 Å². The average molecular weight is 379 g/mol. The van der Waals surface area contributed by atoms with Crippen molar-refractivity contribution in [3.8, 4) is 11.1 Å². The van der Waals surface area contributed by atoms with E-state index in [2.05, 4.69) is 5.32 Å². The summed E-state index contributed by atoms with van der Waals surface area (Å²) in [4.78, 5) is 13.4. The number of carbonyl (C=O) groups is 1. The van der Waals surface area contributed by atoms with Gasteiger partial charge in [-0.25, -0.2) is 12.7 Å². The van der Waals surface area contributed by atoms with E-state index in [-0.39, 0.29) is 11.9 Å². The molecule has 3 rings (SSSR count). The summed E-state index contributed by atoms with van der Waals surface area (Å²) in [6.45, 7) is 2.95. The fourth-order valence-electron chi connectivity index (χ4n) is 3.03. The molecule has 1 fully saturated rings. The molecule has 1 saturated heterocycles. The quantitative estimate of drug-likeness (QED) is 0.890. The molecule has 1 aliphatic heterocycles. The molecule has 5 nitrogen and oxygen atoms in total. The summed E-state index contributed by atoms with van der Waals surface area (Å²) in [6.07, 6.45) is 2.51. The maximum Gasteiger partial charge on any atom is 0.262 e. The average Bonchev–Trinajstić information content (AvgIpc) is 3.05. The van der Waals surface area contributed by atoms with Gasteiger partial charge in [0.15, 0.2) is 0 Å². The Morgan fingerprint density at radius 2 is 1.80 bits per heavy atom. The van der Waals surface area contributed by atoms with Gasteiger partial charge in [-0.1, -0.05) is 29.8 Å². The Balaban J connectivity index is 1.67. The van der Waals surface area contributed by atoms with Gasteiger partial charge in [-0.15, -0.1) is 11.3 Å². The van der Waals surface area contributed by atoms with Gasteiger partial charge < -0.3 is 5.32 Å². The topological polar surface area (TPSA) is 66.5 Å². The lowest BCUT2D eigenvalue weighted by Gasteiger charge is -2.30. The molecule has 2 heterocycles. The first-order valence-corrected chi connectivity index (χ1v) is 11.0. The summed E-state index contributed by atoms with van der Waals surface area (Å²) in [5.74, 6) is -0.0802. The second-order valence-electron chi connectivity index (χ2n) is 6.44. The summed E-state index contributed by atoms with van der Waals surface area (Å²) in [7, 11) is -3.14. The number of amides is 1.